The molecule has 0 fully saturated rings. The van der Waals surface area contributed by atoms with Crippen LogP contribution in [0.4, 0.5) is 0 Å². The SMILES string of the molecule is CCCCCCCC(=O)CN(CC(=O)CCCCCCC)CC(=O)CCCCCCC. The Kier molecular flexibility index (Phi) is 21.4. The lowest BCUT2D eigenvalue weighted by Crippen LogP contribution is -2.38. The zero-order valence-corrected chi connectivity index (χ0v) is 21.0. The van der Waals surface area contributed by atoms with Gasteiger partial charge in [0.1, 0.15) is 17.3 Å². The highest BCUT2D eigenvalue weighted by atomic mass is 16.1. The third kappa shape index (κ3) is 20.6. The number of hydrogen-bond acceptors (Lipinski definition) is 4. The molecule has 0 saturated heterocycles. The van der Waals surface area contributed by atoms with E-state index in [2.05, 4.69) is 20.8 Å². The van der Waals surface area contributed by atoms with Gasteiger partial charge in [-0.25, -0.2) is 0 Å². The van der Waals surface area contributed by atoms with Crippen molar-refractivity contribution in [3.8, 4) is 0 Å². The van der Waals surface area contributed by atoms with Crippen LogP contribution < -0.4 is 0 Å². The molecule has 0 aromatic carbocycles. The Morgan fingerprint density at radius 3 is 0.935 bits per heavy atom. The molecule has 31 heavy (non-hydrogen) atoms. The maximum Gasteiger partial charge on any atom is 0.146 e. The van der Waals surface area contributed by atoms with Crippen molar-refractivity contribution in [3.05, 3.63) is 0 Å². The minimum Gasteiger partial charge on any atom is -0.298 e. The van der Waals surface area contributed by atoms with E-state index in [0.717, 1.165) is 38.5 Å². The molecular weight excluding hydrogens is 386 g/mol. The summed E-state index contributed by atoms with van der Waals surface area (Å²) in [6, 6.07) is 0. The maximum absolute atomic E-state index is 12.4. The molecule has 0 spiro atoms. The lowest BCUT2D eigenvalue weighted by atomic mass is 10.1. The molecule has 0 aliphatic carbocycles. The minimum atomic E-state index is 0.169. The summed E-state index contributed by atoms with van der Waals surface area (Å²) in [6.45, 7) is 7.30. The van der Waals surface area contributed by atoms with Crippen LogP contribution in [0.25, 0.3) is 0 Å². The summed E-state index contributed by atoms with van der Waals surface area (Å²) >= 11 is 0. The predicted molar refractivity (Wildman–Crippen MR) is 132 cm³/mol. The average Bonchev–Trinajstić information content (AvgIpc) is 2.73. The Hall–Kier alpha value is -1.03. The Balaban J connectivity index is 4.43. The highest BCUT2D eigenvalue weighted by molar-refractivity contribution is 5.86. The molecule has 0 saturated carbocycles. The van der Waals surface area contributed by atoms with E-state index in [1.807, 2.05) is 4.90 Å². The average molecular weight is 438 g/mol. The van der Waals surface area contributed by atoms with E-state index in [0.29, 0.717) is 19.3 Å². The molecule has 0 amide bonds. The van der Waals surface area contributed by atoms with E-state index >= 15 is 0 Å². The fourth-order valence-electron chi connectivity index (χ4n) is 3.93. The van der Waals surface area contributed by atoms with E-state index in [1.165, 1.54) is 57.8 Å². The number of nitrogens with zero attached hydrogens (tertiary/aromatic N) is 1. The highest BCUT2D eigenvalue weighted by Crippen LogP contribution is 2.10. The molecular formula is C27H51NO3. The van der Waals surface area contributed by atoms with Crippen molar-refractivity contribution in [2.24, 2.45) is 0 Å². The molecule has 0 bridgehead atoms. The quantitative estimate of drug-likeness (QED) is 0.151. The van der Waals surface area contributed by atoms with Gasteiger partial charge in [0, 0.05) is 19.3 Å². The fourth-order valence-corrected chi connectivity index (χ4v) is 3.93. The van der Waals surface area contributed by atoms with Crippen LogP contribution in [0.15, 0.2) is 0 Å². The lowest BCUT2D eigenvalue weighted by molar-refractivity contribution is -0.125. The van der Waals surface area contributed by atoms with Crippen LogP contribution in [-0.2, 0) is 14.4 Å². The van der Waals surface area contributed by atoms with Gasteiger partial charge < -0.3 is 0 Å². The maximum atomic E-state index is 12.4. The van der Waals surface area contributed by atoms with Crippen molar-refractivity contribution in [2.75, 3.05) is 19.6 Å². The van der Waals surface area contributed by atoms with Crippen LogP contribution in [0.2, 0.25) is 0 Å². The molecule has 0 aromatic rings. The van der Waals surface area contributed by atoms with Gasteiger partial charge in [-0.05, 0) is 19.3 Å². The monoisotopic (exact) mass is 437 g/mol. The molecule has 4 nitrogen and oxygen atoms in total. The van der Waals surface area contributed by atoms with Crippen LogP contribution in [0.5, 0.6) is 0 Å². The topological polar surface area (TPSA) is 54.5 Å². The normalized spacial score (nSPS) is 11.2. The van der Waals surface area contributed by atoms with E-state index in [9.17, 15) is 14.4 Å². The van der Waals surface area contributed by atoms with Crippen LogP contribution in [0.1, 0.15) is 136 Å². The van der Waals surface area contributed by atoms with Crippen molar-refractivity contribution in [1.29, 1.82) is 0 Å². The predicted octanol–water partition coefficient (Wildman–Crippen LogP) is 7.08. The summed E-state index contributed by atoms with van der Waals surface area (Å²) in [6.07, 6.45) is 18.5. The van der Waals surface area contributed by atoms with Crippen molar-refractivity contribution in [2.45, 2.75) is 136 Å². The van der Waals surface area contributed by atoms with E-state index in [1.54, 1.807) is 0 Å². The minimum absolute atomic E-state index is 0.169. The standard InChI is InChI=1S/C27H51NO3/c1-4-7-10-13-16-19-25(29)22-28(23-26(30)20-17-14-11-8-5-2)24-27(31)21-18-15-12-9-6-3/h4-24H2,1-3H3. The highest BCUT2D eigenvalue weighted by Gasteiger charge is 2.17. The van der Waals surface area contributed by atoms with Crippen molar-refractivity contribution in [3.63, 3.8) is 0 Å². The first-order valence-electron chi connectivity index (χ1n) is 13.3. The summed E-state index contributed by atoms with van der Waals surface area (Å²) in [5.41, 5.74) is 0. The summed E-state index contributed by atoms with van der Waals surface area (Å²) < 4.78 is 0. The van der Waals surface area contributed by atoms with Crippen LogP contribution in [0, 0.1) is 0 Å². The van der Waals surface area contributed by atoms with Gasteiger partial charge in [-0.15, -0.1) is 0 Å². The van der Waals surface area contributed by atoms with E-state index < -0.39 is 0 Å². The lowest BCUT2D eigenvalue weighted by Gasteiger charge is -2.20. The van der Waals surface area contributed by atoms with Crippen LogP contribution in [-0.4, -0.2) is 41.9 Å². The molecule has 0 heterocycles. The number of Topliss-reactive ketones (excluding diaryl/α,β-unsaturated/α-hetero) is 3. The van der Waals surface area contributed by atoms with Gasteiger partial charge >= 0.3 is 0 Å². The van der Waals surface area contributed by atoms with Gasteiger partial charge in [0.05, 0.1) is 19.6 Å². The zero-order valence-electron chi connectivity index (χ0n) is 21.0. The van der Waals surface area contributed by atoms with Gasteiger partial charge in [0.25, 0.3) is 0 Å². The molecule has 0 aliphatic rings. The Labute approximate surface area is 192 Å². The number of ketones is 3. The summed E-state index contributed by atoms with van der Waals surface area (Å²) in [7, 11) is 0. The number of hydrogen-bond donors (Lipinski definition) is 0. The molecule has 182 valence electrons. The first kappa shape index (κ1) is 30.0. The fraction of sp³-hybridized carbons (Fsp3) is 0.889. The van der Waals surface area contributed by atoms with E-state index in [-0.39, 0.29) is 37.0 Å². The third-order valence-electron chi connectivity index (χ3n) is 5.88. The summed E-state index contributed by atoms with van der Waals surface area (Å²) in [5, 5.41) is 0. The second kappa shape index (κ2) is 22.2. The number of carbonyl (C=O) groups excluding carboxylic acids is 3. The largest absolute Gasteiger partial charge is 0.298 e. The van der Waals surface area contributed by atoms with Crippen molar-refractivity contribution >= 4 is 17.3 Å². The molecule has 0 unspecified atom stereocenters. The number of carbonyl (C=O) groups is 3. The van der Waals surface area contributed by atoms with Gasteiger partial charge in [-0.1, -0.05) is 97.8 Å². The molecule has 0 N–H and O–H groups in total. The smallest absolute Gasteiger partial charge is 0.146 e. The second-order valence-electron chi connectivity index (χ2n) is 9.25. The van der Waals surface area contributed by atoms with E-state index in [4.69, 9.17) is 0 Å². The Morgan fingerprint density at radius 1 is 0.419 bits per heavy atom. The number of rotatable bonds is 24. The molecule has 0 rings (SSSR count). The van der Waals surface area contributed by atoms with Crippen molar-refractivity contribution in [1.82, 2.24) is 4.90 Å². The molecule has 0 aromatic heterocycles. The third-order valence-corrected chi connectivity index (χ3v) is 5.88. The van der Waals surface area contributed by atoms with Crippen LogP contribution >= 0.6 is 0 Å². The molecule has 0 radical (unpaired) electrons. The van der Waals surface area contributed by atoms with Gasteiger partial charge in [0.15, 0.2) is 0 Å². The van der Waals surface area contributed by atoms with Crippen molar-refractivity contribution < 1.29 is 14.4 Å². The molecule has 0 aliphatic heterocycles. The van der Waals surface area contributed by atoms with Crippen LogP contribution in [0.3, 0.4) is 0 Å². The zero-order chi connectivity index (χ0) is 23.2. The number of unbranched alkanes of at least 4 members (excludes halogenated alkanes) is 12. The summed E-state index contributed by atoms with van der Waals surface area (Å²) in [4.78, 5) is 39.2. The van der Waals surface area contributed by atoms with Gasteiger partial charge in [0.2, 0.25) is 0 Å². The first-order valence-corrected chi connectivity index (χ1v) is 13.3. The molecule has 0 atom stereocenters. The Morgan fingerprint density at radius 2 is 0.677 bits per heavy atom. The Bertz CT molecular complexity index is 395. The summed E-state index contributed by atoms with van der Waals surface area (Å²) in [5.74, 6) is 0.508. The first-order chi connectivity index (χ1) is 15.0. The second-order valence-corrected chi connectivity index (χ2v) is 9.25. The molecule has 4 heteroatoms. The van der Waals surface area contributed by atoms with Gasteiger partial charge in [-0.3, -0.25) is 19.3 Å². The van der Waals surface area contributed by atoms with Gasteiger partial charge in [-0.2, -0.15) is 0 Å².